The molecular weight excluding hydrogens is 222 g/mol. The molecule has 0 radical (unpaired) electrons. The molecule has 0 bridgehead atoms. The Morgan fingerprint density at radius 3 is 2.50 bits per heavy atom. The molecule has 2 nitrogen and oxygen atoms in total. The molecular formula is C16H25NO. The van der Waals surface area contributed by atoms with Crippen LogP contribution in [-0.2, 0) is 0 Å². The molecule has 1 aromatic rings. The van der Waals surface area contributed by atoms with Gasteiger partial charge < -0.3 is 10.5 Å². The topological polar surface area (TPSA) is 35.2 Å². The summed E-state index contributed by atoms with van der Waals surface area (Å²) in [5.74, 6) is 0.994. The molecule has 1 unspecified atom stereocenters. The Kier molecular flexibility index (Phi) is 5.06. The largest absolute Gasteiger partial charge is 0.490 e. The highest BCUT2D eigenvalue weighted by Crippen LogP contribution is 2.25. The zero-order chi connectivity index (χ0) is 12.8. The van der Waals surface area contributed by atoms with Crippen molar-refractivity contribution < 1.29 is 4.74 Å². The molecule has 1 aliphatic carbocycles. The first kappa shape index (κ1) is 13.4. The highest BCUT2D eigenvalue weighted by molar-refractivity contribution is 5.29. The van der Waals surface area contributed by atoms with Gasteiger partial charge in [0.05, 0.1) is 6.10 Å². The van der Waals surface area contributed by atoms with Gasteiger partial charge in [-0.1, -0.05) is 31.9 Å². The molecule has 2 N–H and O–H groups in total. The summed E-state index contributed by atoms with van der Waals surface area (Å²) >= 11 is 0. The molecule has 2 rings (SSSR count). The number of unbranched alkanes of at least 4 members (excludes halogenated alkanes) is 1. The fraction of sp³-hybridized carbons (Fsp3) is 0.625. The lowest BCUT2D eigenvalue weighted by Crippen LogP contribution is -2.12. The molecule has 18 heavy (non-hydrogen) atoms. The number of rotatable bonds is 6. The molecule has 0 aromatic heterocycles. The molecule has 1 saturated carbocycles. The second-order valence-corrected chi connectivity index (χ2v) is 5.34. The third-order valence-electron chi connectivity index (χ3n) is 3.78. The van der Waals surface area contributed by atoms with Gasteiger partial charge in [-0.05, 0) is 49.8 Å². The van der Waals surface area contributed by atoms with Crippen LogP contribution in [0, 0.1) is 0 Å². The lowest BCUT2D eigenvalue weighted by Gasteiger charge is -2.15. The van der Waals surface area contributed by atoms with Crippen LogP contribution in [0.1, 0.15) is 63.5 Å². The van der Waals surface area contributed by atoms with Crippen molar-refractivity contribution in [3.05, 3.63) is 29.8 Å². The van der Waals surface area contributed by atoms with Gasteiger partial charge in [0.1, 0.15) is 5.75 Å². The molecule has 0 spiro atoms. The maximum atomic E-state index is 6.15. The van der Waals surface area contributed by atoms with E-state index in [-0.39, 0.29) is 6.04 Å². The third-order valence-corrected chi connectivity index (χ3v) is 3.78. The quantitative estimate of drug-likeness (QED) is 0.817. The molecule has 1 atom stereocenters. The highest BCUT2D eigenvalue weighted by atomic mass is 16.5. The number of ether oxygens (including phenoxy) is 1. The minimum absolute atomic E-state index is 0.172. The Labute approximate surface area is 111 Å². The van der Waals surface area contributed by atoms with E-state index in [0.717, 1.165) is 12.2 Å². The van der Waals surface area contributed by atoms with E-state index in [9.17, 15) is 0 Å². The van der Waals surface area contributed by atoms with Crippen LogP contribution in [0.4, 0.5) is 0 Å². The van der Waals surface area contributed by atoms with Crippen LogP contribution in [0.25, 0.3) is 0 Å². The van der Waals surface area contributed by atoms with Gasteiger partial charge in [0.15, 0.2) is 0 Å². The smallest absolute Gasteiger partial charge is 0.119 e. The maximum Gasteiger partial charge on any atom is 0.119 e. The van der Waals surface area contributed by atoms with Crippen molar-refractivity contribution in [3.63, 3.8) is 0 Å². The predicted octanol–water partition coefficient (Wildman–Crippen LogP) is 4.20. The number of nitrogens with two attached hydrogens (primary N) is 1. The number of benzene rings is 1. The summed E-state index contributed by atoms with van der Waals surface area (Å²) in [5.41, 5.74) is 7.38. The minimum Gasteiger partial charge on any atom is -0.490 e. The second-order valence-electron chi connectivity index (χ2n) is 5.34. The van der Waals surface area contributed by atoms with E-state index in [1.54, 1.807) is 0 Å². The van der Waals surface area contributed by atoms with Crippen molar-refractivity contribution in [1.82, 2.24) is 0 Å². The summed E-state index contributed by atoms with van der Waals surface area (Å²) in [6.45, 7) is 2.20. The Hall–Kier alpha value is -1.02. The first-order chi connectivity index (χ1) is 8.79. The lowest BCUT2D eigenvalue weighted by atomic mass is 10.0. The van der Waals surface area contributed by atoms with Crippen LogP contribution in [0.5, 0.6) is 5.75 Å². The third kappa shape index (κ3) is 3.74. The summed E-state index contributed by atoms with van der Waals surface area (Å²) in [6.07, 6.45) is 8.94. The minimum atomic E-state index is 0.172. The van der Waals surface area contributed by atoms with E-state index in [4.69, 9.17) is 10.5 Å². The molecule has 1 aliphatic rings. The SMILES string of the molecule is CCCCC(N)c1ccc(OC2CCCC2)cc1. The van der Waals surface area contributed by atoms with Gasteiger partial charge in [0, 0.05) is 6.04 Å². The fourth-order valence-corrected chi connectivity index (χ4v) is 2.58. The van der Waals surface area contributed by atoms with E-state index in [0.29, 0.717) is 6.10 Å². The van der Waals surface area contributed by atoms with Crippen LogP contribution >= 0.6 is 0 Å². The average molecular weight is 247 g/mol. The highest BCUT2D eigenvalue weighted by Gasteiger charge is 2.16. The Balaban J connectivity index is 1.88. The molecule has 0 aliphatic heterocycles. The molecule has 1 fully saturated rings. The van der Waals surface area contributed by atoms with Gasteiger partial charge in [-0.25, -0.2) is 0 Å². The van der Waals surface area contributed by atoms with E-state index in [2.05, 4.69) is 31.2 Å². The van der Waals surface area contributed by atoms with Crippen molar-refractivity contribution in [3.8, 4) is 5.75 Å². The van der Waals surface area contributed by atoms with Gasteiger partial charge in [0.25, 0.3) is 0 Å². The van der Waals surface area contributed by atoms with E-state index >= 15 is 0 Å². The summed E-state index contributed by atoms with van der Waals surface area (Å²) in [4.78, 5) is 0. The van der Waals surface area contributed by atoms with Crippen LogP contribution < -0.4 is 10.5 Å². The molecule has 2 heteroatoms. The standard InChI is InChI=1S/C16H25NO/c1-2-3-8-16(17)13-9-11-15(12-10-13)18-14-6-4-5-7-14/h9-12,14,16H,2-8,17H2,1H3. The monoisotopic (exact) mass is 247 g/mol. The molecule has 0 saturated heterocycles. The fourth-order valence-electron chi connectivity index (χ4n) is 2.58. The molecule has 0 amide bonds. The van der Waals surface area contributed by atoms with Crippen LogP contribution in [0.15, 0.2) is 24.3 Å². The number of hydrogen-bond acceptors (Lipinski definition) is 2. The summed E-state index contributed by atoms with van der Waals surface area (Å²) < 4.78 is 5.95. The lowest BCUT2D eigenvalue weighted by molar-refractivity contribution is 0.210. The van der Waals surface area contributed by atoms with Crippen molar-refractivity contribution in [1.29, 1.82) is 0 Å². The molecule has 0 heterocycles. The van der Waals surface area contributed by atoms with Gasteiger partial charge in [-0.3, -0.25) is 0 Å². The summed E-state index contributed by atoms with van der Waals surface area (Å²) in [5, 5.41) is 0. The summed E-state index contributed by atoms with van der Waals surface area (Å²) in [7, 11) is 0. The van der Waals surface area contributed by atoms with Crippen molar-refractivity contribution >= 4 is 0 Å². The van der Waals surface area contributed by atoms with Gasteiger partial charge >= 0.3 is 0 Å². The normalized spacial score (nSPS) is 17.9. The van der Waals surface area contributed by atoms with Crippen molar-refractivity contribution in [2.24, 2.45) is 5.73 Å². The predicted molar refractivity (Wildman–Crippen MR) is 75.8 cm³/mol. The van der Waals surface area contributed by atoms with Crippen LogP contribution in [-0.4, -0.2) is 6.10 Å². The zero-order valence-corrected chi connectivity index (χ0v) is 11.4. The van der Waals surface area contributed by atoms with Gasteiger partial charge in [-0.2, -0.15) is 0 Å². The zero-order valence-electron chi connectivity index (χ0n) is 11.4. The van der Waals surface area contributed by atoms with Crippen LogP contribution in [0.2, 0.25) is 0 Å². The Morgan fingerprint density at radius 2 is 1.89 bits per heavy atom. The Morgan fingerprint density at radius 1 is 1.22 bits per heavy atom. The van der Waals surface area contributed by atoms with Crippen LogP contribution in [0.3, 0.4) is 0 Å². The van der Waals surface area contributed by atoms with Crippen molar-refractivity contribution in [2.45, 2.75) is 64.0 Å². The first-order valence-electron chi connectivity index (χ1n) is 7.32. The number of hydrogen-bond donors (Lipinski definition) is 1. The summed E-state index contributed by atoms with van der Waals surface area (Å²) in [6, 6.07) is 8.54. The van der Waals surface area contributed by atoms with E-state index in [1.807, 2.05) is 0 Å². The first-order valence-corrected chi connectivity index (χ1v) is 7.32. The van der Waals surface area contributed by atoms with E-state index < -0.39 is 0 Å². The molecule has 1 aromatic carbocycles. The maximum absolute atomic E-state index is 6.15. The van der Waals surface area contributed by atoms with Crippen molar-refractivity contribution in [2.75, 3.05) is 0 Å². The second kappa shape index (κ2) is 6.79. The van der Waals surface area contributed by atoms with E-state index in [1.165, 1.54) is 44.1 Å². The Bertz CT molecular complexity index is 341. The van der Waals surface area contributed by atoms with Gasteiger partial charge in [-0.15, -0.1) is 0 Å². The molecule has 100 valence electrons. The average Bonchev–Trinajstić information content (AvgIpc) is 2.89. The van der Waals surface area contributed by atoms with Gasteiger partial charge in [0.2, 0.25) is 0 Å².